The Labute approximate surface area is 126 Å². The van der Waals surface area contributed by atoms with Gasteiger partial charge in [0.05, 0.1) is 5.52 Å². The van der Waals surface area contributed by atoms with Crippen LogP contribution < -0.4 is 5.32 Å². The predicted molar refractivity (Wildman–Crippen MR) is 82.2 cm³/mol. The number of carbonyl (C=O) groups is 1. The summed E-state index contributed by atoms with van der Waals surface area (Å²) in [7, 11) is 0. The van der Waals surface area contributed by atoms with Gasteiger partial charge in [0.25, 0.3) is 5.91 Å². The number of hydrogen-bond donors (Lipinski definition) is 1. The SMILES string of the molecule is O=C(NCc1ccccc1Cl)c1cc2ccccc2nn1. The second-order valence-electron chi connectivity index (χ2n) is 4.56. The molecule has 2 aromatic carbocycles. The Hall–Kier alpha value is -2.46. The molecule has 4 nitrogen and oxygen atoms in total. The lowest BCUT2D eigenvalue weighted by Crippen LogP contribution is -2.24. The number of halogens is 1. The van der Waals surface area contributed by atoms with E-state index in [2.05, 4.69) is 15.5 Å². The van der Waals surface area contributed by atoms with E-state index in [1.54, 1.807) is 12.1 Å². The molecule has 0 aliphatic rings. The Morgan fingerprint density at radius 2 is 1.81 bits per heavy atom. The van der Waals surface area contributed by atoms with Crippen LogP contribution in [0.3, 0.4) is 0 Å². The zero-order chi connectivity index (χ0) is 14.7. The molecule has 0 aliphatic heterocycles. The van der Waals surface area contributed by atoms with Crippen molar-refractivity contribution >= 4 is 28.4 Å². The number of nitrogens with zero attached hydrogens (tertiary/aromatic N) is 2. The fourth-order valence-corrected chi connectivity index (χ4v) is 2.21. The van der Waals surface area contributed by atoms with Gasteiger partial charge in [0.1, 0.15) is 0 Å². The van der Waals surface area contributed by atoms with E-state index in [1.807, 2.05) is 42.5 Å². The monoisotopic (exact) mass is 297 g/mol. The van der Waals surface area contributed by atoms with Crippen molar-refractivity contribution in [3.05, 3.63) is 70.9 Å². The number of carbonyl (C=O) groups excluding carboxylic acids is 1. The van der Waals surface area contributed by atoms with E-state index in [0.717, 1.165) is 16.5 Å². The van der Waals surface area contributed by atoms with Gasteiger partial charge in [-0.15, -0.1) is 10.2 Å². The molecule has 1 heterocycles. The van der Waals surface area contributed by atoms with Crippen LogP contribution in [0.15, 0.2) is 54.6 Å². The molecule has 0 bridgehead atoms. The highest BCUT2D eigenvalue weighted by Gasteiger charge is 2.09. The Morgan fingerprint density at radius 1 is 1.05 bits per heavy atom. The minimum Gasteiger partial charge on any atom is -0.347 e. The van der Waals surface area contributed by atoms with Crippen LogP contribution in [0, 0.1) is 0 Å². The molecule has 0 saturated heterocycles. The topological polar surface area (TPSA) is 54.9 Å². The van der Waals surface area contributed by atoms with Gasteiger partial charge >= 0.3 is 0 Å². The smallest absolute Gasteiger partial charge is 0.272 e. The van der Waals surface area contributed by atoms with Crippen molar-refractivity contribution in [2.45, 2.75) is 6.54 Å². The van der Waals surface area contributed by atoms with Gasteiger partial charge < -0.3 is 5.32 Å². The van der Waals surface area contributed by atoms with Crippen LogP contribution >= 0.6 is 11.6 Å². The maximum absolute atomic E-state index is 12.1. The summed E-state index contributed by atoms with van der Waals surface area (Å²) in [5.41, 5.74) is 1.92. The minimum absolute atomic E-state index is 0.270. The second kappa shape index (κ2) is 5.89. The summed E-state index contributed by atoms with van der Waals surface area (Å²) in [6.07, 6.45) is 0. The summed E-state index contributed by atoms with van der Waals surface area (Å²) in [6, 6.07) is 16.6. The van der Waals surface area contributed by atoms with E-state index in [-0.39, 0.29) is 5.91 Å². The molecule has 0 fully saturated rings. The van der Waals surface area contributed by atoms with E-state index in [4.69, 9.17) is 11.6 Å². The van der Waals surface area contributed by atoms with Gasteiger partial charge in [0.2, 0.25) is 0 Å². The van der Waals surface area contributed by atoms with Crippen LogP contribution in [0.1, 0.15) is 16.1 Å². The highest BCUT2D eigenvalue weighted by Crippen LogP contribution is 2.15. The molecule has 0 unspecified atom stereocenters. The molecule has 1 N–H and O–H groups in total. The van der Waals surface area contributed by atoms with Gasteiger partial charge in [-0.05, 0) is 23.8 Å². The fraction of sp³-hybridized carbons (Fsp3) is 0.0625. The van der Waals surface area contributed by atoms with Gasteiger partial charge in [-0.25, -0.2) is 0 Å². The van der Waals surface area contributed by atoms with Crippen LogP contribution in [0.4, 0.5) is 0 Å². The molecule has 0 atom stereocenters. The van der Waals surface area contributed by atoms with Gasteiger partial charge in [0.15, 0.2) is 5.69 Å². The third kappa shape index (κ3) is 3.01. The van der Waals surface area contributed by atoms with Crippen LogP contribution in [-0.2, 0) is 6.54 Å². The first kappa shape index (κ1) is 13.5. The Morgan fingerprint density at radius 3 is 2.67 bits per heavy atom. The molecule has 0 aliphatic carbocycles. The van der Waals surface area contributed by atoms with Crippen LogP contribution in [-0.4, -0.2) is 16.1 Å². The van der Waals surface area contributed by atoms with Gasteiger partial charge in [-0.2, -0.15) is 0 Å². The lowest BCUT2D eigenvalue weighted by atomic mass is 10.2. The average Bonchev–Trinajstić information content (AvgIpc) is 2.53. The van der Waals surface area contributed by atoms with Crippen LogP contribution in [0.25, 0.3) is 10.9 Å². The first-order valence-electron chi connectivity index (χ1n) is 6.48. The fourth-order valence-electron chi connectivity index (χ4n) is 2.00. The number of fused-ring (bicyclic) bond motifs is 1. The zero-order valence-corrected chi connectivity index (χ0v) is 11.8. The molecule has 104 valence electrons. The first-order chi connectivity index (χ1) is 10.2. The maximum atomic E-state index is 12.1. The number of hydrogen-bond acceptors (Lipinski definition) is 3. The normalized spacial score (nSPS) is 10.5. The Bertz CT molecular complexity index is 804. The van der Waals surface area contributed by atoms with Gasteiger partial charge in [0, 0.05) is 17.0 Å². The molecule has 21 heavy (non-hydrogen) atoms. The highest BCUT2D eigenvalue weighted by molar-refractivity contribution is 6.31. The summed E-state index contributed by atoms with van der Waals surface area (Å²) < 4.78 is 0. The molecular formula is C16H12ClN3O. The number of benzene rings is 2. The second-order valence-corrected chi connectivity index (χ2v) is 4.97. The Balaban J connectivity index is 1.76. The van der Waals surface area contributed by atoms with Crippen LogP contribution in [0.5, 0.6) is 0 Å². The van der Waals surface area contributed by atoms with Crippen molar-refractivity contribution in [3.63, 3.8) is 0 Å². The molecule has 5 heteroatoms. The summed E-state index contributed by atoms with van der Waals surface area (Å²) in [5, 5.41) is 12.3. The lowest BCUT2D eigenvalue weighted by molar-refractivity contribution is 0.0945. The molecule has 1 aromatic heterocycles. The standard InChI is InChI=1S/C16H12ClN3O/c17-13-7-3-1-6-12(13)10-18-16(21)15-9-11-5-2-4-8-14(11)19-20-15/h1-9H,10H2,(H,18,21). The molecule has 3 rings (SSSR count). The molecule has 0 spiro atoms. The third-order valence-corrected chi connectivity index (χ3v) is 3.49. The van der Waals surface area contributed by atoms with Crippen molar-refractivity contribution in [3.8, 4) is 0 Å². The van der Waals surface area contributed by atoms with Crippen molar-refractivity contribution in [1.82, 2.24) is 15.5 Å². The molecule has 1 amide bonds. The predicted octanol–water partition coefficient (Wildman–Crippen LogP) is 3.21. The number of aromatic nitrogens is 2. The van der Waals surface area contributed by atoms with E-state index >= 15 is 0 Å². The third-order valence-electron chi connectivity index (χ3n) is 3.12. The Kier molecular flexibility index (Phi) is 3.79. The molecule has 0 saturated carbocycles. The maximum Gasteiger partial charge on any atom is 0.272 e. The molecule has 3 aromatic rings. The number of rotatable bonds is 3. The number of nitrogens with one attached hydrogen (secondary N) is 1. The van der Waals surface area contributed by atoms with E-state index in [1.165, 1.54) is 0 Å². The molecule has 0 radical (unpaired) electrons. The van der Waals surface area contributed by atoms with Crippen molar-refractivity contribution < 1.29 is 4.79 Å². The summed E-state index contributed by atoms with van der Waals surface area (Å²) in [6.45, 7) is 0.354. The highest BCUT2D eigenvalue weighted by atomic mass is 35.5. The molecular weight excluding hydrogens is 286 g/mol. The summed E-state index contributed by atoms with van der Waals surface area (Å²) >= 11 is 6.05. The van der Waals surface area contributed by atoms with Crippen molar-refractivity contribution in [2.75, 3.05) is 0 Å². The van der Waals surface area contributed by atoms with E-state index in [9.17, 15) is 4.79 Å². The van der Waals surface area contributed by atoms with Crippen molar-refractivity contribution in [1.29, 1.82) is 0 Å². The lowest BCUT2D eigenvalue weighted by Gasteiger charge is -2.06. The van der Waals surface area contributed by atoms with E-state index < -0.39 is 0 Å². The van der Waals surface area contributed by atoms with E-state index in [0.29, 0.717) is 17.3 Å². The van der Waals surface area contributed by atoms with Gasteiger partial charge in [-0.1, -0.05) is 48.0 Å². The first-order valence-corrected chi connectivity index (χ1v) is 6.86. The largest absolute Gasteiger partial charge is 0.347 e. The summed E-state index contributed by atoms with van der Waals surface area (Å²) in [4.78, 5) is 12.1. The number of amides is 1. The van der Waals surface area contributed by atoms with Crippen molar-refractivity contribution in [2.24, 2.45) is 0 Å². The summed E-state index contributed by atoms with van der Waals surface area (Å²) in [5.74, 6) is -0.270. The minimum atomic E-state index is -0.270. The van der Waals surface area contributed by atoms with Crippen LogP contribution in [0.2, 0.25) is 5.02 Å². The zero-order valence-electron chi connectivity index (χ0n) is 11.1. The quantitative estimate of drug-likeness (QED) is 0.807. The van der Waals surface area contributed by atoms with Gasteiger partial charge in [-0.3, -0.25) is 4.79 Å². The average molecular weight is 298 g/mol.